The Morgan fingerprint density at radius 3 is 2.45 bits per heavy atom. The van der Waals surface area contributed by atoms with E-state index in [1.807, 2.05) is 6.92 Å². The summed E-state index contributed by atoms with van der Waals surface area (Å²) in [6, 6.07) is 15.4. The molecule has 0 unspecified atom stereocenters. The van der Waals surface area contributed by atoms with Crippen molar-refractivity contribution in [3.05, 3.63) is 81.8 Å². The van der Waals surface area contributed by atoms with Crippen LogP contribution in [0.4, 0.5) is 17.1 Å². The fourth-order valence-electron chi connectivity index (χ4n) is 3.64. The zero-order chi connectivity index (χ0) is 27.6. The second kappa shape index (κ2) is 11.0. The molecule has 4 aromatic rings. The molecule has 0 fully saturated rings. The van der Waals surface area contributed by atoms with Crippen molar-refractivity contribution in [2.24, 2.45) is 10.2 Å². The molecular weight excluding hydrogens is 553 g/mol. The fraction of sp³-hybridized carbons (Fsp3) is 0.115. The SMILES string of the molecule is CCOc1ccc(NC(=O)c2cc3ccccc3c(N=Nc3cc(S(=O)(=O)O)cc(Cl)c3C)c2O)cc1Cl. The van der Waals surface area contributed by atoms with E-state index in [2.05, 4.69) is 15.5 Å². The van der Waals surface area contributed by atoms with Crippen LogP contribution in [0.2, 0.25) is 10.0 Å². The number of phenolic OH excluding ortho intramolecular Hbond substituents is 1. The van der Waals surface area contributed by atoms with Gasteiger partial charge in [-0.3, -0.25) is 9.35 Å². The summed E-state index contributed by atoms with van der Waals surface area (Å²) >= 11 is 12.3. The summed E-state index contributed by atoms with van der Waals surface area (Å²) in [5, 5.41) is 23.4. The van der Waals surface area contributed by atoms with E-state index in [1.54, 1.807) is 43.3 Å². The normalized spacial score (nSPS) is 11.7. The molecule has 0 radical (unpaired) electrons. The lowest BCUT2D eigenvalue weighted by Crippen LogP contribution is -2.12. The number of rotatable bonds is 7. The monoisotopic (exact) mass is 573 g/mol. The molecular formula is C26H21Cl2N3O6S. The number of nitrogens with one attached hydrogen (secondary N) is 1. The van der Waals surface area contributed by atoms with Gasteiger partial charge in [-0.05, 0) is 61.2 Å². The van der Waals surface area contributed by atoms with Crippen LogP contribution in [0.3, 0.4) is 0 Å². The third-order valence-corrected chi connectivity index (χ3v) is 7.09. The quantitative estimate of drug-likeness (QED) is 0.155. The zero-order valence-corrected chi connectivity index (χ0v) is 22.4. The van der Waals surface area contributed by atoms with Crippen molar-refractivity contribution in [1.82, 2.24) is 0 Å². The zero-order valence-electron chi connectivity index (χ0n) is 20.1. The minimum Gasteiger partial charge on any atom is -0.505 e. The van der Waals surface area contributed by atoms with Crippen molar-refractivity contribution in [1.29, 1.82) is 0 Å². The number of nitrogens with zero attached hydrogens (tertiary/aromatic N) is 2. The van der Waals surface area contributed by atoms with Crippen molar-refractivity contribution >= 4 is 67.1 Å². The summed E-state index contributed by atoms with van der Waals surface area (Å²) in [4.78, 5) is 12.7. The highest BCUT2D eigenvalue weighted by atomic mass is 35.5. The first kappa shape index (κ1) is 27.3. The molecule has 0 heterocycles. The summed E-state index contributed by atoms with van der Waals surface area (Å²) in [7, 11) is -4.55. The number of aromatic hydroxyl groups is 1. The molecule has 3 N–H and O–H groups in total. The van der Waals surface area contributed by atoms with Gasteiger partial charge in [-0.25, -0.2) is 0 Å². The Bertz CT molecular complexity index is 1710. The molecule has 0 bridgehead atoms. The molecule has 1 amide bonds. The van der Waals surface area contributed by atoms with E-state index in [0.717, 1.165) is 12.1 Å². The largest absolute Gasteiger partial charge is 0.505 e. The summed E-state index contributed by atoms with van der Waals surface area (Å²) < 4.78 is 38.1. The fourth-order valence-corrected chi connectivity index (χ4v) is 4.68. The van der Waals surface area contributed by atoms with Gasteiger partial charge >= 0.3 is 0 Å². The lowest BCUT2D eigenvalue weighted by atomic mass is 10.0. The van der Waals surface area contributed by atoms with Gasteiger partial charge in [-0.1, -0.05) is 47.5 Å². The van der Waals surface area contributed by atoms with E-state index < -0.39 is 26.7 Å². The lowest BCUT2D eigenvalue weighted by molar-refractivity contribution is 0.102. The topological polar surface area (TPSA) is 138 Å². The molecule has 0 saturated heterocycles. The average molecular weight is 574 g/mol. The molecule has 0 spiro atoms. The lowest BCUT2D eigenvalue weighted by Gasteiger charge is -2.12. The van der Waals surface area contributed by atoms with Crippen LogP contribution in [0, 0.1) is 6.92 Å². The molecule has 196 valence electrons. The van der Waals surface area contributed by atoms with Crippen LogP contribution in [0.5, 0.6) is 11.5 Å². The van der Waals surface area contributed by atoms with E-state index >= 15 is 0 Å². The second-order valence-electron chi connectivity index (χ2n) is 8.10. The number of anilines is 1. The maximum Gasteiger partial charge on any atom is 0.294 e. The first-order valence-corrected chi connectivity index (χ1v) is 13.4. The van der Waals surface area contributed by atoms with Crippen molar-refractivity contribution in [3.8, 4) is 11.5 Å². The van der Waals surface area contributed by atoms with Crippen LogP contribution < -0.4 is 10.1 Å². The van der Waals surface area contributed by atoms with E-state index in [0.29, 0.717) is 39.4 Å². The molecule has 0 atom stereocenters. The van der Waals surface area contributed by atoms with E-state index in [-0.39, 0.29) is 22.0 Å². The molecule has 0 aliphatic heterocycles. The first-order chi connectivity index (χ1) is 18.0. The number of phenols is 1. The molecule has 12 heteroatoms. The highest BCUT2D eigenvalue weighted by molar-refractivity contribution is 7.85. The Kier molecular flexibility index (Phi) is 7.89. The third-order valence-electron chi connectivity index (χ3n) is 5.58. The number of hydrogen-bond donors (Lipinski definition) is 3. The van der Waals surface area contributed by atoms with Crippen LogP contribution in [-0.4, -0.2) is 30.6 Å². The number of hydrogen-bond acceptors (Lipinski definition) is 7. The van der Waals surface area contributed by atoms with E-state index in [4.69, 9.17) is 27.9 Å². The van der Waals surface area contributed by atoms with Gasteiger partial charge in [-0.15, -0.1) is 5.11 Å². The Morgan fingerprint density at radius 1 is 1.03 bits per heavy atom. The van der Waals surface area contributed by atoms with Gasteiger partial charge in [0.15, 0.2) is 5.75 Å². The minimum atomic E-state index is -4.55. The number of halogens is 2. The smallest absolute Gasteiger partial charge is 0.294 e. The maximum atomic E-state index is 13.2. The number of azo groups is 1. The van der Waals surface area contributed by atoms with E-state index in [1.165, 1.54) is 12.1 Å². The van der Waals surface area contributed by atoms with Gasteiger partial charge in [0.25, 0.3) is 16.0 Å². The Hall–Kier alpha value is -3.70. The average Bonchev–Trinajstić information content (AvgIpc) is 2.86. The van der Waals surface area contributed by atoms with Crippen LogP contribution in [0.1, 0.15) is 22.8 Å². The van der Waals surface area contributed by atoms with Gasteiger partial charge < -0.3 is 15.2 Å². The highest BCUT2D eigenvalue weighted by Gasteiger charge is 2.20. The first-order valence-electron chi connectivity index (χ1n) is 11.2. The van der Waals surface area contributed by atoms with Crippen molar-refractivity contribution < 1.29 is 27.6 Å². The molecule has 0 saturated carbocycles. The molecule has 0 aliphatic rings. The van der Waals surface area contributed by atoms with Gasteiger partial charge in [0.2, 0.25) is 0 Å². The molecule has 4 aromatic carbocycles. The van der Waals surface area contributed by atoms with Gasteiger partial charge in [0, 0.05) is 16.1 Å². The van der Waals surface area contributed by atoms with Crippen LogP contribution in [-0.2, 0) is 10.1 Å². The summed E-state index contributed by atoms with van der Waals surface area (Å²) in [6.45, 7) is 3.85. The third kappa shape index (κ3) is 5.73. The van der Waals surface area contributed by atoms with Gasteiger partial charge in [0.05, 0.1) is 27.8 Å². The molecule has 0 aromatic heterocycles. The highest BCUT2D eigenvalue weighted by Crippen LogP contribution is 2.41. The number of ether oxygens (including phenoxy) is 1. The number of carbonyl (C=O) groups is 1. The van der Waals surface area contributed by atoms with Crippen LogP contribution >= 0.6 is 23.2 Å². The predicted octanol–water partition coefficient (Wildman–Crippen LogP) is 7.47. The number of carbonyl (C=O) groups excluding carboxylic acids is 1. The van der Waals surface area contributed by atoms with Crippen LogP contribution in [0.15, 0.2) is 75.8 Å². The maximum absolute atomic E-state index is 13.2. The summed E-state index contributed by atoms with van der Waals surface area (Å²) in [6.07, 6.45) is 0. The molecule has 4 rings (SSSR count). The Labute approximate surface area is 228 Å². The standard InChI is InChI=1S/C26H21Cl2N3O6S/c1-3-37-23-9-8-16(11-21(23)28)29-26(33)19-10-15-6-4-5-7-18(15)24(25(19)32)31-30-22-13-17(38(34,35)36)12-20(27)14(22)2/h4-13,32H,3H2,1-2H3,(H,29,33)(H,34,35,36). The molecule has 9 nitrogen and oxygen atoms in total. The summed E-state index contributed by atoms with van der Waals surface area (Å²) in [5.41, 5.74) is 0.724. The summed E-state index contributed by atoms with van der Waals surface area (Å²) in [5.74, 6) is -0.605. The number of amides is 1. The molecule has 38 heavy (non-hydrogen) atoms. The second-order valence-corrected chi connectivity index (χ2v) is 10.3. The minimum absolute atomic E-state index is 0.0224. The van der Waals surface area contributed by atoms with Crippen molar-refractivity contribution in [3.63, 3.8) is 0 Å². The Balaban J connectivity index is 1.77. The predicted molar refractivity (Wildman–Crippen MR) is 146 cm³/mol. The van der Waals surface area contributed by atoms with E-state index in [9.17, 15) is 22.9 Å². The van der Waals surface area contributed by atoms with Gasteiger partial charge in [0.1, 0.15) is 11.4 Å². The number of benzene rings is 4. The number of fused-ring (bicyclic) bond motifs is 1. The van der Waals surface area contributed by atoms with Crippen molar-refractivity contribution in [2.75, 3.05) is 11.9 Å². The molecule has 0 aliphatic carbocycles. The van der Waals surface area contributed by atoms with Gasteiger partial charge in [-0.2, -0.15) is 13.5 Å². The Morgan fingerprint density at radius 2 is 1.76 bits per heavy atom. The van der Waals surface area contributed by atoms with Crippen LogP contribution in [0.25, 0.3) is 10.8 Å². The van der Waals surface area contributed by atoms with Crippen molar-refractivity contribution in [2.45, 2.75) is 18.7 Å².